The summed E-state index contributed by atoms with van der Waals surface area (Å²) in [6.07, 6.45) is -9.31. The quantitative estimate of drug-likeness (QED) is 0.199. The molecule has 0 unspecified atom stereocenters. The molecule has 0 radical (unpaired) electrons. The predicted octanol–water partition coefficient (Wildman–Crippen LogP) is 8.43. The molecule has 3 aliphatic rings. The van der Waals surface area contributed by atoms with Gasteiger partial charge in [0.1, 0.15) is 5.75 Å². The molecule has 2 saturated carbocycles. The van der Waals surface area contributed by atoms with Crippen molar-refractivity contribution in [1.29, 1.82) is 0 Å². The topological polar surface area (TPSA) is 46.2 Å². The molecule has 0 N–H and O–H groups in total. The van der Waals surface area contributed by atoms with Crippen LogP contribution in [0, 0.1) is 35.3 Å². The molecule has 13 heteroatoms. The van der Waals surface area contributed by atoms with Gasteiger partial charge in [-0.15, -0.1) is 0 Å². The summed E-state index contributed by atoms with van der Waals surface area (Å²) >= 11 is 0. The lowest BCUT2D eigenvalue weighted by Crippen LogP contribution is -2.43. The van der Waals surface area contributed by atoms with Gasteiger partial charge in [-0.3, -0.25) is 0 Å². The highest BCUT2D eigenvalue weighted by atomic mass is 19.3. The van der Waals surface area contributed by atoms with Crippen molar-refractivity contribution in [3.05, 3.63) is 36.1 Å². The van der Waals surface area contributed by atoms with Crippen LogP contribution in [0.5, 0.6) is 11.5 Å². The van der Waals surface area contributed by atoms with Gasteiger partial charge in [0.05, 0.1) is 31.2 Å². The summed E-state index contributed by atoms with van der Waals surface area (Å²) in [5, 5.41) is 0. The molecule has 41 heavy (non-hydrogen) atoms. The first kappa shape index (κ1) is 31.8. The highest BCUT2D eigenvalue weighted by Gasteiger charge is 2.49. The van der Waals surface area contributed by atoms with Gasteiger partial charge in [-0.05, 0) is 57.8 Å². The minimum absolute atomic E-state index is 0.0400. The maximum Gasteiger partial charge on any atom is 0.400 e. The number of ether oxygens (including phenoxy) is 5. The number of rotatable bonds is 10. The summed E-state index contributed by atoms with van der Waals surface area (Å²) in [6.45, 7) is 3.26. The molecule has 1 aliphatic heterocycles. The zero-order chi connectivity index (χ0) is 29.8. The average molecular weight is 603 g/mol. The number of benzene rings is 1. The van der Waals surface area contributed by atoms with Crippen molar-refractivity contribution >= 4 is 0 Å². The predicted molar refractivity (Wildman–Crippen MR) is 130 cm³/mol. The van der Waals surface area contributed by atoms with E-state index in [1.54, 1.807) is 0 Å². The Bertz CT molecular complexity index is 1000. The molecule has 1 aromatic rings. The number of halogens is 8. The highest BCUT2D eigenvalue weighted by Crippen LogP contribution is 2.45. The van der Waals surface area contributed by atoms with Crippen LogP contribution < -0.4 is 9.47 Å². The monoisotopic (exact) mass is 602 g/mol. The van der Waals surface area contributed by atoms with E-state index in [0.717, 1.165) is 6.42 Å². The summed E-state index contributed by atoms with van der Waals surface area (Å²) in [6, 6.07) is 0.767. The number of hydrogen-bond donors (Lipinski definition) is 0. The van der Waals surface area contributed by atoms with Gasteiger partial charge in [-0.1, -0.05) is 6.92 Å². The van der Waals surface area contributed by atoms with Gasteiger partial charge in [0.2, 0.25) is 0 Å². The third-order valence-electron chi connectivity index (χ3n) is 8.17. The molecule has 1 saturated heterocycles. The molecule has 2 aliphatic carbocycles. The summed E-state index contributed by atoms with van der Waals surface area (Å²) in [5.74, 6) is -7.16. The van der Waals surface area contributed by atoms with Gasteiger partial charge in [-0.25, -0.2) is 8.78 Å². The van der Waals surface area contributed by atoms with E-state index >= 15 is 8.78 Å². The van der Waals surface area contributed by atoms with E-state index in [-0.39, 0.29) is 57.0 Å². The van der Waals surface area contributed by atoms with E-state index in [0.29, 0.717) is 44.1 Å². The van der Waals surface area contributed by atoms with Crippen molar-refractivity contribution in [3.63, 3.8) is 0 Å². The first-order valence-corrected chi connectivity index (χ1v) is 13.9. The number of hydrogen-bond acceptors (Lipinski definition) is 5. The lowest BCUT2D eigenvalue weighted by Gasteiger charge is -2.40. The molecule has 0 amide bonds. The Morgan fingerprint density at radius 1 is 0.854 bits per heavy atom. The van der Waals surface area contributed by atoms with Crippen LogP contribution in [0.15, 0.2) is 24.5 Å². The molecule has 3 fully saturated rings. The SMILES string of the molecule is CCC1COC(C2CCC(C(F)(F)OC3CCC(C(F)(F)Oc4cc(F)c(OC=C(F)F)c(F)c4)CC3)CC2)OC1. The summed E-state index contributed by atoms with van der Waals surface area (Å²) in [4.78, 5) is 0. The summed E-state index contributed by atoms with van der Waals surface area (Å²) < 4.78 is 137. The Hall–Kier alpha value is -2.12. The van der Waals surface area contributed by atoms with Crippen LogP contribution in [0.4, 0.5) is 35.1 Å². The van der Waals surface area contributed by atoms with Crippen LogP contribution in [0.1, 0.15) is 64.7 Å². The molecule has 0 aromatic heterocycles. The molecule has 0 atom stereocenters. The van der Waals surface area contributed by atoms with Crippen LogP contribution in [-0.2, 0) is 14.2 Å². The molecule has 5 nitrogen and oxygen atoms in total. The average Bonchev–Trinajstić information content (AvgIpc) is 2.92. The van der Waals surface area contributed by atoms with E-state index in [2.05, 4.69) is 16.4 Å². The van der Waals surface area contributed by atoms with Crippen LogP contribution in [0.2, 0.25) is 0 Å². The highest BCUT2D eigenvalue weighted by molar-refractivity contribution is 5.35. The van der Waals surface area contributed by atoms with Gasteiger partial charge >= 0.3 is 18.3 Å². The molecule has 4 rings (SSSR count). The molecular weight excluding hydrogens is 568 g/mol. The number of alkyl halides is 4. The zero-order valence-electron chi connectivity index (χ0n) is 22.5. The second-order valence-electron chi connectivity index (χ2n) is 11.0. The first-order chi connectivity index (χ1) is 19.4. The standard InChI is InChI=1S/C28H34F8O5/c1-2-16-13-38-26(39-14-16)17-3-5-18(6-4-17)27(33,34)40-20-9-7-19(8-10-20)28(35,36)41-21-11-22(29)25(23(30)12-21)37-15-24(31)32/h11-12,15-20,26H,2-10,13-14H2,1H3. The summed E-state index contributed by atoms with van der Waals surface area (Å²) in [5.41, 5.74) is 0. The lowest BCUT2D eigenvalue weighted by molar-refractivity contribution is -0.309. The van der Waals surface area contributed by atoms with Gasteiger partial charge in [0, 0.05) is 24.0 Å². The fraction of sp³-hybridized carbons (Fsp3) is 0.714. The maximum absolute atomic E-state index is 15.0. The Morgan fingerprint density at radius 2 is 1.39 bits per heavy atom. The fourth-order valence-electron chi connectivity index (χ4n) is 5.68. The Morgan fingerprint density at radius 3 is 1.93 bits per heavy atom. The maximum atomic E-state index is 15.0. The van der Waals surface area contributed by atoms with E-state index in [1.165, 1.54) is 0 Å². The molecule has 0 spiro atoms. The lowest BCUT2D eigenvalue weighted by atomic mass is 9.80. The van der Waals surface area contributed by atoms with Gasteiger partial charge < -0.3 is 23.7 Å². The van der Waals surface area contributed by atoms with E-state index in [9.17, 15) is 26.3 Å². The second-order valence-corrected chi connectivity index (χ2v) is 11.0. The Balaban J connectivity index is 1.24. The minimum Gasteiger partial charge on any atom is -0.453 e. The molecule has 232 valence electrons. The minimum atomic E-state index is -3.88. The zero-order valence-corrected chi connectivity index (χ0v) is 22.5. The van der Waals surface area contributed by atoms with Crippen LogP contribution >= 0.6 is 0 Å². The Labute approximate surface area is 233 Å². The van der Waals surface area contributed by atoms with Crippen molar-refractivity contribution in [2.24, 2.45) is 23.7 Å². The van der Waals surface area contributed by atoms with Crippen LogP contribution in [0.25, 0.3) is 0 Å². The van der Waals surface area contributed by atoms with Crippen molar-refractivity contribution in [2.75, 3.05) is 13.2 Å². The molecular formula is C28H34F8O5. The molecule has 1 heterocycles. The first-order valence-electron chi connectivity index (χ1n) is 13.9. The van der Waals surface area contributed by atoms with Crippen molar-refractivity contribution in [3.8, 4) is 11.5 Å². The van der Waals surface area contributed by atoms with Crippen LogP contribution in [-0.4, -0.2) is 37.8 Å². The Kier molecular flexibility index (Phi) is 10.4. The molecule has 1 aromatic carbocycles. The van der Waals surface area contributed by atoms with E-state index < -0.39 is 59.4 Å². The van der Waals surface area contributed by atoms with Crippen molar-refractivity contribution in [2.45, 2.75) is 89.3 Å². The normalized spacial score (nSPS) is 29.6. The van der Waals surface area contributed by atoms with Crippen LogP contribution in [0.3, 0.4) is 0 Å². The van der Waals surface area contributed by atoms with E-state index in [4.69, 9.17) is 14.2 Å². The van der Waals surface area contributed by atoms with Gasteiger partial charge in [0.15, 0.2) is 29.9 Å². The molecule has 0 bridgehead atoms. The third-order valence-corrected chi connectivity index (χ3v) is 8.17. The fourth-order valence-corrected chi connectivity index (χ4v) is 5.68. The second kappa shape index (κ2) is 13.5. The summed E-state index contributed by atoms with van der Waals surface area (Å²) in [7, 11) is 0. The largest absolute Gasteiger partial charge is 0.453 e. The van der Waals surface area contributed by atoms with Gasteiger partial charge in [0.25, 0.3) is 0 Å². The third kappa shape index (κ3) is 8.25. The smallest absolute Gasteiger partial charge is 0.400 e. The van der Waals surface area contributed by atoms with Crippen molar-refractivity contribution < 1.29 is 58.8 Å². The van der Waals surface area contributed by atoms with Gasteiger partial charge in [-0.2, -0.15) is 26.3 Å². The van der Waals surface area contributed by atoms with E-state index in [1.807, 2.05) is 0 Å². The van der Waals surface area contributed by atoms with Crippen molar-refractivity contribution in [1.82, 2.24) is 0 Å².